The molecule has 2 nitrogen and oxygen atoms in total. The molecule has 0 aromatic heterocycles. The summed E-state index contributed by atoms with van der Waals surface area (Å²) in [5.41, 5.74) is 0. The van der Waals surface area contributed by atoms with Gasteiger partial charge in [-0.1, -0.05) is 28.8 Å². The Morgan fingerprint density at radius 1 is 1.29 bits per heavy atom. The zero-order chi connectivity index (χ0) is 12.9. The second-order valence-electron chi connectivity index (χ2n) is 4.33. The predicted octanol–water partition coefficient (Wildman–Crippen LogP) is 3.50. The summed E-state index contributed by atoms with van der Waals surface area (Å²) in [6.45, 7) is 0.501. The molecule has 0 aromatic rings. The van der Waals surface area contributed by atoms with E-state index in [0.717, 1.165) is 25.7 Å². The minimum Gasteiger partial charge on any atom is -0.339 e. The van der Waals surface area contributed by atoms with Crippen molar-refractivity contribution >= 4 is 21.8 Å². The second kappa shape index (κ2) is 6.61. The summed E-state index contributed by atoms with van der Waals surface area (Å²) < 4.78 is 36.2. The van der Waals surface area contributed by atoms with Gasteiger partial charge < -0.3 is 4.90 Å². The monoisotopic (exact) mass is 315 g/mol. The molecule has 17 heavy (non-hydrogen) atoms. The van der Waals surface area contributed by atoms with Crippen LogP contribution in [0.25, 0.3) is 0 Å². The molecule has 0 aliphatic heterocycles. The molecule has 1 aliphatic carbocycles. The molecule has 1 rings (SSSR count). The summed E-state index contributed by atoms with van der Waals surface area (Å²) in [5, 5.41) is 0.612. The van der Waals surface area contributed by atoms with E-state index in [1.807, 2.05) is 0 Å². The number of carbonyl (C=O) groups excluding carboxylic acids is 1. The summed E-state index contributed by atoms with van der Waals surface area (Å²) >= 11 is 3.24. The van der Waals surface area contributed by atoms with Crippen LogP contribution in [0.5, 0.6) is 0 Å². The van der Waals surface area contributed by atoms with Gasteiger partial charge >= 0.3 is 6.18 Å². The number of hydrogen-bond donors (Lipinski definition) is 0. The van der Waals surface area contributed by atoms with E-state index in [4.69, 9.17) is 0 Å². The van der Waals surface area contributed by atoms with Crippen molar-refractivity contribution in [2.24, 2.45) is 0 Å². The molecule has 0 aromatic carbocycles. The largest absolute Gasteiger partial charge is 0.389 e. The molecule has 100 valence electrons. The Balaban J connectivity index is 2.48. The number of alkyl halides is 4. The fourth-order valence-corrected chi connectivity index (χ4v) is 2.59. The van der Waals surface area contributed by atoms with E-state index in [9.17, 15) is 18.0 Å². The van der Waals surface area contributed by atoms with Crippen molar-refractivity contribution in [3.05, 3.63) is 0 Å². The van der Waals surface area contributed by atoms with Crippen LogP contribution < -0.4 is 0 Å². The highest BCUT2D eigenvalue weighted by molar-refractivity contribution is 9.09. The zero-order valence-electron chi connectivity index (χ0n) is 9.60. The topological polar surface area (TPSA) is 20.3 Å². The fourth-order valence-electron chi connectivity index (χ4n) is 2.21. The van der Waals surface area contributed by atoms with Crippen LogP contribution in [0.3, 0.4) is 0 Å². The summed E-state index contributed by atoms with van der Waals surface area (Å²) in [5.74, 6) is -0.367. The van der Waals surface area contributed by atoms with Gasteiger partial charge in [0.2, 0.25) is 5.91 Å². The summed E-state index contributed by atoms with van der Waals surface area (Å²) in [4.78, 5) is 13.4. The van der Waals surface area contributed by atoms with Gasteiger partial charge in [0.15, 0.2) is 0 Å². The van der Waals surface area contributed by atoms with Gasteiger partial charge in [0.25, 0.3) is 0 Å². The van der Waals surface area contributed by atoms with Crippen molar-refractivity contribution in [1.82, 2.24) is 4.90 Å². The molecule has 0 atom stereocenters. The Morgan fingerprint density at radius 3 is 2.35 bits per heavy atom. The third-order valence-electron chi connectivity index (χ3n) is 3.03. The van der Waals surface area contributed by atoms with Crippen molar-refractivity contribution in [1.29, 1.82) is 0 Å². The van der Waals surface area contributed by atoms with Crippen molar-refractivity contribution in [3.8, 4) is 0 Å². The Morgan fingerprint density at radius 2 is 1.88 bits per heavy atom. The Kier molecular flexibility index (Phi) is 5.76. The zero-order valence-corrected chi connectivity index (χ0v) is 11.2. The Hall–Kier alpha value is -0.260. The van der Waals surface area contributed by atoms with Crippen LogP contribution in [-0.4, -0.2) is 34.9 Å². The third-order valence-corrected chi connectivity index (χ3v) is 3.39. The fraction of sp³-hybridized carbons (Fsp3) is 0.909. The number of halogens is 4. The van der Waals surface area contributed by atoms with E-state index in [-0.39, 0.29) is 11.9 Å². The van der Waals surface area contributed by atoms with Gasteiger partial charge in [0.05, 0.1) is 6.42 Å². The lowest BCUT2D eigenvalue weighted by molar-refractivity contribution is -0.150. The Bertz CT molecular complexity index is 252. The number of hydrogen-bond acceptors (Lipinski definition) is 1. The second-order valence-corrected chi connectivity index (χ2v) is 5.12. The summed E-state index contributed by atoms with van der Waals surface area (Å²) in [6.07, 6.45) is -1.71. The average molecular weight is 316 g/mol. The van der Waals surface area contributed by atoms with Crippen molar-refractivity contribution in [2.75, 3.05) is 11.9 Å². The standard InChI is InChI=1S/C11H17BrF3NO/c12-7-8-16(9-3-1-2-4-9)10(17)5-6-11(13,14)15/h9H,1-8H2. The minimum absolute atomic E-state index is 0.147. The van der Waals surface area contributed by atoms with E-state index in [0.29, 0.717) is 11.9 Å². The first-order valence-corrected chi connectivity index (χ1v) is 6.98. The highest BCUT2D eigenvalue weighted by atomic mass is 79.9. The highest BCUT2D eigenvalue weighted by Crippen LogP contribution is 2.26. The van der Waals surface area contributed by atoms with E-state index in [2.05, 4.69) is 15.9 Å². The minimum atomic E-state index is -4.24. The van der Waals surface area contributed by atoms with E-state index < -0.39 is 19.0 Å². The molecule has 1 aliphatic rings. The van der Waals surface area contributed by atoms with Crippen LogP contribution in [0.2, 0.25) is 0 Å². The van der Waals surface area contributed by atoms with Gasteiger partial charge in [-0.25, -0.2) is 0 Å². The first-order valence-electron chi connectivity index (χ1n) is 5.86. The van der Waals surface area contributed by atoms with Crippen LogP contribution in [0.1, 0.15) is 38.5 Å². The van der Waals surface area contributed by atoms with Gasteiger partial charge in [0, 0.05) is 24.3 Å². The molecule has 0 spiro atoms. The smallest absolute Gasteiger partial charge is 0.339 e. The normalized spacial score (nSPS) is 17.4. The maximum atomic E-state index is 12.1. The maximum absolute atomic E-state index is 12.1. The SMILES string of the molecule is O=C(CCC(F)(F)F)N(CCBr)C1CCCC1. The number of carbonyl (C=O) groups is 1. The van der Waals surface area contributed by atoms with E-state index in [1.54, 1.807) is 4.90 Å². The first-order chi connectivity index (χ1) is 7.94. The van der Waals surface area contributed by atoms with E-state index in [1.165, 1.54) is 0 Å². The number of amides is 1. The predicted molar refractivity (Wildman–Crippen MR) is 63.1 cm³/mol. The lowest BCUT2D eigenvalue weighted by Crippen LogP contribution is -2.40. The van der Waals surface area contributed by atoms with Crippen LogP contribution in [-0.2, 0) is 4.79 Å². The lowest BCUT2D eigenvalue weighted by atomic mass is 10.2. The molecule has 0 unspecified atom stereocenters. The van der Waals surface area contributed by atoms with E-state index >= 15 is 0 Å². The maximum Gasteiger partial charge on any atom is 0.389 e. The van der Waals surface area contributed by atoms with Gasteiger partial charge in [-0.05, 0) is 12.8 Å². The van der Waals surface area contributed by atoms with Crippen LogP contribution >= 0.6 is 15.9 Å². The molecule has 0 bridgehead atoms. The highest BCUT2D eigenvalue weighted by Gasteiger charge is 2.31. The average Bonchev–Trinajstić information content (AvgIpc) is 2.74. The summed E-state index contributed by atoms with van der Waals surface area (Å²) in [7, 11) is 0. The molecule has 6 heteroatoms. The third kappa shape index (κ3) is 5.27. The van der Waals surface area contributed by atoms with Crippen molar-refractivity contribution < 1.29 is 18.0 Å². The van der Waals surface area contributed by atoms with Crippen LogP contribution in [0.15, 0.2) is 0 Å². The summed E-state index contributed by atoms with van der Waals surface area (Å²) in [6, 6.07) is 0.147. The molecule has 1 fully saturated rings. The molecule has 1 saturated carbocycles. The van der Waals surface area contributed by atoms with Crippen LogP contribution in [0.4, 0.5) is 13.2 Å². The molecule has 0 radical (unpaired) electrons. The van der Waals surface area contributed by atoms with Gasteiger partial charge in [-0.15, -0.1) is 0 Å². The van der Waals surface area contributed by atoms with Crippen LogP contribution in [0, 0.1) is 0 Å². The Labute approximate surface area is 108 Å². The molecular weight excluding hydrogens is 299 g/mol. The molecule has 0 saturated heterocycles. The quantitative estimate of drug-likeness (QED) is 0.711. The molecule has 1 amide bonds. The van der Waals surface area contributed by atoms with Gasteiger partial charge in [-0.2, -0.15) is 13.2 Å². The van der Waals surface area contributed by atoms with Crippen molar-refractivity contribution in [2.45, 2.75) is 50.7 Å². The molecular formula is C11H17BrF3NO. The molecule has 0 heterocycles. The molecule has 0 N–H and O–H groups in total. The number of nitrogens with zero attached hydrogens (tertiary/aromatic N) is 1. The number of rotatable bonds is 5. The van der Waals surface area contributed by atoms with Crippen molar-refractivity contribution in [3.63, 3.8) is 0 Å². The lowest BCUT2D eigenvalue weighted by Gasteiger charge is -2.28. The van der Waals surface area contributed by atoms with Gasteiger partial charge in [0.1, 0.15) is 0 Å². The van der Waals surface area contributed by atoms with Gasteiger partial charge in [-0.3, -0.25) is 4.79 Å². The first kappa shape index (κ1) is 14.8.